The van der Waals surface area contributed by atoms with E-state index in [4.69, 9.17) is 4.42 Å². The molecule has 1 heterocycles. The first-order valence-corrected chi connectivity index (χ1v) is 22.7. The molecule has 0 amide bonds. The van der Waals surface area contributed by atoms with Gasteiger partial charge < -0.3 is 9.32 Å². The second-order valence-electron chi connectivity index (χ2n) is 17.2. The number of nitrogens with zero attached hydrogens (tertiary/aromatic N) is 1. The van der Waals surface area contributed by atoms with E-state index >= 15 is 0 Å². The number of para-hydroxylation sites is 1. The smallest absolute Gasteiger partial charge is 0.143 e. The standard InChI is InChI=1S/C64H41NO/c1-4-18-53-44(12-1)15-10-22-55(53)49-17-9-16-47(40-49)42-28-34-51(35-29-42)65(52-36-30-43(31-37-52)48-33-38-56-50(41-48)27-26-45-13-2-5-19-54(45)56)61-24-8-7-21-58(61)59-23-11-25-62-63(59)60-39-32-46-14-3-6-20-57(46)64(60)66-62/h1-41H. The van der Waals surface area contributed by atoms with Gasteiger partial charge in [0.15, 0.2) is 0 Å². The summed E-state index contributed by atoms with van der Waals surface area (Å²) < 4.78 is 6.70. The number of benzene rings is 12. The number of hydrogen-bond donors (Lipinski definition) is 0. The Hall–Kier alpha value is -8.72. The molecule has 0 atom stereocenters. The van der Waals surface area contributed by atoms with Gasteiger partial charge in [-0.05, 0) is 131 Å². The van der Waals surface area contributed by atoms with Gasteiger partial charge in [0.25, 0.3) is 0 Å². The van der Waals surface area contributed by atoms with Crippen LogP contribution in [0.4, 0.5) is 17.1 Å². The Morgan fingerprint density at radius 2 is 0.773 bits per heavy atom. The second kappa shape index (κ2) is 15.5. The molecule has 0 aliphatic heterocycles. The van der Waals surface area contributed by atoms with Crippen molar-refractivity contribution >= 4 is 82.1 Å². The highest BCUT2D eigenvalue weighted by atomic mass is 16.3. The van der Waals surface area contributed by atoms with Gasteiger partial charge in [0.2, 0.25) is 0 Å². The molecule has 308 valence electrons. The van der Waals surface area contributed by atoms with E-state index in [0.29, 0.717) is 0 Å². The number of fused-ring (bicyclic) bond motifs is 9. The van der Waals surface area contributed by atoms with E-state index in [2.05, 4.69) is 254 Å². The van der Waals surface area contributed by atoms with Crippen LogP contribution < -0.4 is 4.90 Å². The molecule has 0 spiro atoms. The third-order valence-electron chi connectivity index (χ3n) is 13.4. The summed E-state index contributed by atoms with van der Waals surface area (Å²) in [7, 11) is 0. The maximum Gasteiger partial charge on any atom is 0.143 e. The van der Waals surface area contributed by atoms with E-state index in [-0.39, 0.29) is 0 Å². The molecule has 0 N–H and O–H groups in total. The van der Waals surface area contributed by atoms with Crippen LogP contribution in [0.15, 0.2) is 253 Å². The third-order valence-corrected chi connectivity index (χ3v) is 13.4. The van der Waals surface area contributed by atoms with E-state index in [0.717, 1.165) is 61.1 Å². The predicted octanol–water partition coefficient (Wildman–Crippen LogP) is 18.3. The van der Waals surface area contributed by atoms with E-state index in [9.17, 15) is 0 Å². The molecule has 0 aliphatic carbocycles. The molecule has 0 saturated carbocycles. The van der Waals surface area contributed by atoms with Crippen molar-refractivity contribution in [3.63, 3.8) is 0 Å². The fourth-order valence-electron chi connectivity index (χ4n) is 10.2. The highest BCUT2D eigenvalue weighted by Crippen LogP contribution is 2.46. The summed E-state index contributed by atoms with van der Waals surface area (Å²) in [6, 6.07) is 90.2. The van der Waals surface area contributed by atoms with E-state index in [1.807, 2.05) is 0 Å². The van der Waals surface area contributed by atoms with Gasteiger partial charge in [0.1, 0.15) is 11.2 Å². The van der Waals surface area contributed by atoms with Crippen molar-refractivity contribution in [2.24, 2.45) is 0 Å². The lowest BCUT2D eigenvalue weighted by Crippen LogP contribution is -2.11. The van der Waals surface area contributed by atoms with Crippen molar-refractivity contribution in [2.75, 3.05) is 4.90 Å². The first-order valence-electron chi connectivity index (χ1n) is 22.7. The van der Waals surface area contributed by atoms with Crippen molar-refractivity contribution < 1.29 is 4.42 Å². The molecule has 0 fully saturated rings. The van der Waals surface area contributed by atoms with Gasteiger partial charge >= 0.3 is 0 Å². The summed E-state index contributed by atoms with van der Waals surface area (Å²) in [6.07, 6.45) is 0. The van der Waals surface area contributed by atoms with Crippen LogP contribution in [-0.2, 0) is 0 Å². The van der Waals surface area contributed by atoms with Crippen LogP contribution >= 0.6 is 0 Å². The SMILES string of the molecule is c1cc(-c2ccc(N(c3ccc(-c4ccc5c(ccc6ccccc65)c4)cc3)c3ccccc3-c3cccc4oc5c6ccccc6ccc5c34)cc2)cc(-c2cccc3ccccc23)c1. The van der Waals surface area contributed by atoms with Crippen molar-refractivity contribution in [1.82, 2.24) is 0 Å². The zero-order valence-electron chi connectivity index (χ0n) is 36.0. The summed E-state index contributed by atoms with van der Waals surface area (Å²) in [5, 5.41) is 12.1. The molecule has 12 aromatic carbocycles. The van der Waals surface area contributed by atoms with E-state index in [1.54, 1.807) is 0 Å². The van der Waals surface area contributed by atoms with Gasteiger partial charge in [-0.25, -0.2) is 0 Å². The molecule has 0 saturated heterocycles. The fourth-order valence-corrected chi connectivity index (χ4v) is 10.2. The minimum Gasteiger partial charge on any atom is -0.455 e. The lowest BCUT2D eigenvalue weighted by molar-refractivity contribution is 0.673. The highest BCUT2D eigenvalue weighted by molar-refractivity contribution is 6.20. The Kier molecular flexibility index (Phi) is 8.89. The van der Waals surface area contributed by atoms with Crippen LogP contribution in [0.25, 0.3) is 110 Å². The van der Waals surface area contributed by atoms with Crippen LogP contribution in [0.3, 0.4) is 0 Å². The Balaban J connectivity index is 0.940. The summed E-state index contributed by atoms with van der Waals surface area (Å²) in [5.74, 6) is 0. The molecule has 0 radical (unpaired) electrons. The maximum atomic E-state index is 6.70. The molecular weight excluding hydrogens is 799 g/mol. The zero-order valence-corrected chi connectivity index (χ0v) is 36.0. The van der Waals surface area contributed by atoms with Gasteiger partial charge in [0, 0.05) is 33.1 Å². The van der Waals surface area contributed by atoms with E-state index < -0.39 is 0 Å². The highest BCUT2D eigenvalue weighted by Gasteiger charge is 2.21. The lowest BCUT2D eigenvalue weighted by atomic mass is 9.95. The average molecular weight is 840 g/mol. The van der Waals surface area contributed by atoms with Gasteiger partial charge in [-0.1, -0.05) is 194 Å². The maximum absolute atomic E-state index is 6.70. The number of hydrogen-bond acceptors (Lipinski definition) is 2. The van der Waals surface area contributed by atoms with Crippen LogP contribution in [0.2, 0.25) is 0 Å². The first kappa shape index (κ1) is 37.8. The molecule has 0 unspecified atom stereocenters. The predicted molar refractivity (Wildman–Crippen MR) is 280 cm³/mol. The lowest BCUT2D eigenvalue weighted by Gasteiger charge is -2.28. The van der Waals surface area contributed by atoms with Gasteiger partial charge in [0.05, 0.1) is 5.69 Å². The minimum absolute atomic E-state index is 0.878. The monoisotopic (exact) mass is 839 g/mol. The summed E-state index contributed by atoms with van der Waals surface area (Å²) in [5.41, 5.74) is 14.4. The minimum atomic E-state index is 0.878. The average Bonchev–Trinajstić information content (AvgIpc) is 3.79. The van der Waals surface area contributed by atoms with Gasteiger partial charge in [-0.2, -0.15) is 0 Å². The van der Waals surface area contributed by atoms with Crippen molar-refractivity contribution in [2.45, 2.75) is 0 Å². The normalized spacial score (nSPS) is 11.6. The Labute approximate surface area is 382 Å². The third kappa shape index (κ3) is 6.34. The topological polar surface area (TPSA) is 16.4 Å². The molecule has 0 aliphatic rings. The summed E-state index contributed by atoms with van der Waals surface area (Å²) in [4.78, 5) is 2.40. The second-order valence-corrected chi connectivity index (χ2v) is 17.2. The molecule has 66 heavy (non-hydrogen) atoms. The largest absolute Gasteiger partial charge is 0.455 e. The molecule has 13 aromatic rings. The Morgan fingerprint density at radius 3 is 1.56 bits per heavy atom. The number of furan rings is 1. The van der Waals surface area contributed by atoms with Crippen molar-refractivity contribution in [3.05, 3.63) is 249 Å². The quantitative estimate of drug-likeness (QED) is 0.149. The molecular formula is C64H41NO. The molecule has 2 nitrogen and oxygen atoms in total. The summed E-state index contributed by atoms with van der Waals surface area (Å²) in [6.45, 7) is 0. The Bertz CT molecular complexity index is 3990. The number of rotatable bonds is 7. The first-order chi connectivity index (χ1) is 32.7. The molecule has 2 heteroatoms. The fraction of sp³-hybridized carbons (Fsp3) is 0. The van der Waals surface area contributed by atoms with Crippen molar-refractivity contribution in [3.8, 4) is 44.5 Å². The molecule has 0 bridgehead atoms. The van der Waals surface area contributed by atoms with Crippen molar-refractivity contribution in [1.29, 1.82) is 0 Å². The Morgan fingerprint density at radius 1 is 0.273 bits per heavy atom. The van der Waals surface area contributed by atoms with Crippen LogP contribution in [0.1, 0.15) is 0 Å². The molecule has 1 aromatic heterocycles. The van der Waals surface area contributed by atoms with Crippen LogP contribution in [-0.4, -0.2) is 0 Å². The zero-order chi connectivity index (χ0) is 43.6. The van der Waals surface area contributed by atoms with Gasteiger partial charge in [-0.3, -0.25) is 0 Å². The van der Waals surface area contributed by atoms with Crippen LogP contribution in [0, 0.1) is 0 Å². The van der Waals surface area contributed by atoms with E-state index in [1.165, 1.54) is 65.5 Å². The van der Waals surface area contributed by atoms with Crippen LogP contribution in [0.5, 0.6) is 0 Å². The van der Waals surface area contributed by atoms with Gasteiger partial charge in [-0.15, -0.1) is 0 Å². The summed E-state index contributed by atoms with van der Waals surface area (Å²) >= 11 is 0. The molecule has 13 rings (SSSR count). The number of anilines is 3.